The minimum Gasteiger partial charge on any atom is -0.496 e. The number of aryl methyl sites for hydroxylation is 4. The van der Waals surface area contributed by atoms with E-state index >= 15 is 0 Å². The van der Waals surface area contributed by atoms with Gasteiger partial charge >= 0.3 is 5.97 Å². The number of esters is 1. The van der Waals surface area contributed by atoms with Gasteiger partial charge in [-0.05, 0) is 117 Å². The van der Waals surface area contributed by atoms with Crippen molar-refractivity contribution in [2.45, 2.75) is 100 Å². The van der Waals surface area contributed by atoms with Gasteiger partial charge in [0.25, 0.3) is 23.6 Å². The van der Waals surface area contributed by atoms with Crippen molar-refractivity contribution in [1.82, 2.24) is 20.9 Å². The zero-order valence-corrected chi connectivity index (χ0v) is 37.9. The molecule has 0 bridgehead atoms. The molecule has 4 aromatic rings. The van der Waals surface area contributed by atoms with Crippen molar-refractivity contribution >= 4 is 29.6 Å². The van der Waals surface area contributed by atoms with Gasteiger partial charge in [0.15, 0.2) is 0 Å². The first-order valence-corrected chi connectivity index (χ1v) is 20.2. The largest absolute Gasteiger partial charge is 0.496 e. The number of amides is 4. The van der Waals surface area contributed by atoms with Crippen LogP contribution in [0.5, 0.6) is 11.5 Å². The standard InChI is InChI=1S/C25H32N2O5.C23H30N2O4/c1-8-20-21(10-9-11-22(20)31-7)23(29)26-27(25(5,6)15-32-18(4)28)24(30)19-13-16(2)12-17(3)14-19;1-7-18-19(9-8-10-20(18)29-6)21(27)24-25(23(4,5)14-26)22(28)17-12-15(2)11-16(3)13-17/h9-14H,8,15H2,1-7H3,(H,26,29);8-13,26H,7,14H2,1-6H3,(H,24,27). The Labute approximate surface area is 360 Å². The summed E-state index contributed by atoms with van der Waals surface area (Å²) in [4.78, 5) is 64.6. The summed E-state index contributed by atoms with van der Waals surface area (Å²) in [6, 6.07) is 21.4. The third-order valence-electron chi connectivity index (χ3n) is 9.90. The highest BCUT2D eigenvalue weighted by molar-refractivity contribution is 6.01. The van der Waals surface area contributed by atoms with Crippen molar-refractivity contribution in [3.8, 4) is 11.5 Å². The molecular weight excluding hydrogens is 777 g/mol. The van der Waals surface area contributed by atoms with Gasteiger partial charge in [-0.2, -0.15) is 0 Å². The summed E-state index contributed by atoms with van der Waals surface area (Å²) in [7, 11) is 3.11. The minimum atomic E-state index is -1.01. The number of carbonyl (C=O) groups is 5. The van der Waals surface area contributed by atoms with E-state index in [1.54, 1.807) is 103 Å². The summed E-state index contributed by atoms with van der Waals surface area (Å²) in [5.74, 6) is -0.910. The van der Waals surface area contributed by atoms with Gasteiger partial charge in [-0.3, -0.25) is 34.8 Å². The maximum atomic E-state index is 13.5. The maximum absolute atomic E-state index is 13.5. The summed E-state index contributed by atoms with van der Waals surface area (Å²) in [5, 5.41) is 12.3. The molecule has 0 aliphatic rings. The summed E-state index contributed by atoms with van der Waals surface area (Å²) in [6.45, 7) is 19.2. The first kappa shape index (κ1) is 49.2. The second-order valence-electron chi connectivity index (χ2n) is 16.2. The van der Waals surface area contributed by atoms with E-state index in [0.29, 0.717) is 46.6 Å². The molecule has 0 spiro atoms. The fourth-order valence-electron chi connectivity index (χ4n) is 6.81. The summed E-state index contributed by atoms with van der Waals surface area (Å²) < 4.78 is 15.9. The number of nitrogens with zero attached hydrogens (tertiary/aromatic N) is 2. The van der Waals surface area contributed by atoms with E-state index in [-0.39, 0.29) is 19.1 Å². The van der Waals surface area contributed by atoms with Crippen LogP contribution in [-0.4, -0.2) is 83.2 Å². The lowest BCUT2D eigenvalue weighted by molar-refractivity contribution is -0.144. The lowest BCUT2D eigenvalue weighted by atomic mass is 10.0. The fourth-order valence-corrected chi connectivity index (χ4v) is 6.81. The Kier molecular flexibility index (Phi) is 17.2. The van der Waals surface area contributed by atoms with Gasteiger partial charge in [-0.25, -0.2) is 10.0 Å². The molecule has 0 radical (unpaired) electrons. The molecule has 4 aromatic carbocycles. The van der Waals surface area contributed by atoms with Crippen LogP contribution in [0.4, 0.5) is 0 Å². The van der Waals surface area contributed by atoms with Gasteiger partial charge in [-0.1, -0.05) is 60.4 Å². The number of nitrogens with one attached hydrogen (secondary N) is 2. The minimum absolute atomic E-state index is 0.0854. The van der Waals surface area contributed by atoms with Crippen molar-refractivity contribution in [1.29, 1.82) is 0 Å². The normalized spacial score (nSPS) is 11.0. The predicted octanol–water partition coefficient (Wildman–Crippen LogP) is 7.44. The molecular formula is C48H62N4O9. The number of methoxy groups -OCH3 is 2. The molecule has 0 atom stereocenters. The van der Waals surface area contributed by atoms with Crippen LogP contribution >= 0.6 is 0 Å². The number of ether oxygens (including phenoxy) is 3. The molecule has 61 heavy (non-hydrogen) atoms. The van der Waals surface area contributed by atoms with E-state index in [2.05, 4.69) is 10.9 Å². The molecule has 4 rings (SSSR count). The molecule has 0 saturated carbocycles. The third-order valence-corrected chi connectivity index (χ3v) is 9.90. The average Bonchev–Trinajstić information content (AvgIpc) is 3.21. The zero-order valence-electron chi connectivity index (χ0n) is 37.9. The van der Waals surface area contributed by atoms with E-state index in [1.165, 1.54) is 16.9 Å². The van der Waals surface area contributed by atoms with E-state index in [1.807, 2.05) is 53.7 Å². The number of aliphatic hydroxyl groups is 1. The number of hydrogen-bond donors (Lipinski definition) is 3. The molecule has 0 aliphatic carbocycles. The Balaban J connectivity index is 0.000000327. The topological polar surface area (TPSA) is 164 Å². The van der Waals surface area contributed by atoms with Crippen LogP contribution in [0.1, 0.15) is 123 Å². The fraction of sp³-hybridized carbons (Fsp3) is 0.396. The van der Waals surface area contributed by atoms with Crippen molar-refractivity contribution in [2.24, 2.45) is 0 Å². The lowest BCUT2D eigenvalue weighted by Crippen LogP contribution is -2.59. The van der Waals surface area contributed by atoms with Crippen molar-refractivity contribution in [3.05, 3.63) is 128 Å². The Morgan fingerprint density at radius 3 is 1.28 bits per heavy atom. The number of hydrazine groups is 2. The average molecular weight is 839 g/mol. The number of hydrogen-bond acceptors (Lipinski definition) is 9. The van der Waals surface area contributed by atoms with Crippen LogP contribution in [0.2, 0.25) is 0 Å². The first-order chi connectivity index (χ1) is 28.6. The predicted molar refractivity (Wildman–Crippen MR) is 236 cm³/mol. The summed E-state index contributed by atoms with van der Waals surface area (Å²) in [5.41, 5.74) is 10.4. The van der Waals surface area contributed by atoms with Crippen LogP contribution in [0.3, 0.4) is 0 Å². The Morgan fingerprint density at radius 2 is 0.967 bits per heavy atom. The number of rotatable bonds is 13. The second-order valence-corrected chi connectivity index (χ2v) is 16.2. The highest BCUT2D eigenvalue weighted by Crippen LogP contribution is 2.26. The van der Waals surface area contributed by atoms with Crippen LogP contribution in [0, 0.1) is 27.7 Å². The Bertz CT molecular complexity index is 2190. The van der Waals surface area contributed by atoms with E-state index in [4.69, 9.17) is 14.2 Å². The molecule has 13 heteroatoms. The van der Waals surface area contributed by atoms with Crippen molar-refractivity contribution in [3.63, 3.8) is 0 Å². The molecule has 0 aromatic heterocycles. The maximum Gasteiger partial charge on any atom is 0.302 e. The van der Waals surface area contributed by atoms with E-state index in [9.17, 15) is 29.1 Å². The molecule has 0 saturated heterocycles. The van der Waals surface area contributed by atoms with Crippen LogP contribution in [-0.2, 0) is 22.4 Å². The number of aliphatic hydroxyl groups excluding tert-OH is 1. The van der Waals surface area contributed by atoms with Gasteiger partial charge in [0.1, 0.15) is 18.1 Å². The van der Waals surface area contributed by atoms with Crippen molar-refractivity contribution < 1.29 is 43.3 Å². The molecule has 0 fully saturated rings. The van der Waals surface area contributed by atoms with E-state index in [0.717, 1.165) is 33.4 Å². The van der Waals surface area contributed by atoms with Gasteiger partial charge in [0.05, 0.1) is 31.9 Å². The van der Waals surface area contributed by atoms with E-state index < -0.39 is 34.8 Å². The molecule has 328 valence electrons. The van der Waals surface area contributed by atoms with Crippen molar-refractivity contribution in [2.75, 3.05) is 27.4 Å². The molecule has 4 amide bonds. The molecule has 13 nitrogen and oxygen atoms in total. The first-order valence-electron chi connectivity index (χ1n) is 20.2. The zero-order chi connectivity index (χ0) is 45.8. The lowest BCUT2D eigenvalue weighted by Gasteiger charge is -2.38. The quantitative estimate of drug-likeness (QED) is 0.0918. The smallest absolute Gasteiger partial charge is 0.302 e. The summed E-state index contributed by atoms with van der Waals surface area (Å²) >= 11 is 0. The van der Waals surface area contributed by atoms with Crippen LogP contribution in [0.15, 0.2) is 72.8 Å². The molecule has 0 unspecified atom stereocenters. The highest BCUT2D eigenvalue weighted by Gasteiger charge is 2.36. The van der Waals surface area contributed by atoms with Gasteiger partial charge in [-0.15, -0.1) is 0 Å². The SMILES string of the molecule is CCc1c(OC)cccc1C(=O)NN(C(=O)c1cc(C)cc(C)c1)C(C)(C)CO.CCc1c(OC)cccc1C(=O)NN(C(=O)c1cc(C)cc(C)c1)C(C)(C)COC(C)=O. The molecule has 3 N–H and O–H groups in total. The van der Waals surface area contributed by atoms with Gasteiger partial charge in [0, 0.05) is 40.3 Å². The monoisotopic (exact) mass is 838 g/mol. The third kappa shape index (κ3) is 12.7. The highest BCUT2D eigenvalue weighted by atomic mass is 16.5. The van der Waals surface area contributed by atoms with Crippen LogP contribution < -0.4 is 20.3 Å². The Hall–Kier alpha value is -6.21. The number of benzene rings is 4. The molecule has 0 aliphatic heterocycles. The van der Waals surface area contributed by atoms with Gasteiger partial charge < -0.3 is 19.3 Å². The number of carbonyl (C=O) groups excluding carboxylic acids is 5. The summed E-state index contributed by atoms with van der Waals surface area (Å²) in [6.07, 6.45) is 1.18. The van der Waals surface area contributed by atoms with Gasteiger partial charge in [0.2, 0.25) is 0 Å². The molecule has 0 heterocycles. The second kappa shape index (κ2) is 21.4. The van der Waals surface area contributed by atoms with Crippen LogP contribution in [0.25, 0.3) is 0 Å². The Morgan fingerprint density at radius 1 is 0.607 bits per heavy atom.